The van der Waals surface area contributed by atoms with Gasteiger partial charge in [-0.25, -0.2) is 14.5 Å². The van der Waals surface area contributed by atoms with Crippen LogP contribution in [-0.2, 0) is 5.54 Å². The summed E-state index contributed by atoms with van der Waals surface area (Å²) in [6.45, 7) is 4.66. The minimum absolute atomic E-state index is 0.0276. The van der Waals surface area contributed by atoms with Gasteiger partial charge in [0.05, 0.1) is 17.4 Å². The topological polar surface area (TPSA) is 49.0 Å². The van der Waals surface area contributed by atoms with Crippen molar-refractivity contribution < 1.29 is 4.57 Å². The maximum atomic E-state index is 4.80. The molecule has 4 heterocycles. The minimum atomic E-state index is 0.0276. The lowest BCUT2D eigenvalue weighted by atomic mass is 9.59. The summed E-state index contributed by atoms with van der Waals surface area (Å²) in [7, 11) is 0. The predicted molar refractivity (Wildman–Crippen MR) is 106 cm³/mol. The van der Waals surface area contributed by atoms with Crippen molar-refractivity contribution in [3.05, 3.63) is 61.2 Å². The highest BCUT2D eigenvalue weighted by atomic mass is 15.4. The van der Waals surface area contributed by atoms with Crippen LogP contribution in [0, 0.1) is 0 Å². The molecule has 0 saturated heterocycles. The monoisotopic (exact) mass is 357 g/mol. The van der Waals surface area contributed by atoms with Crippen molar-refractivity contribution in [2.24, 2.45) is 0 Å². The van der Waals surface area contributed by atoms with Crippen molar-refractivity contribution in [3.63, 3.8) is 0 Å². The lowest BCUT2D eigenvalue weighted by Gasteiger charge is -2.40. The van der Waals surface area contributed by atoms with E-state index in [1.165, 1.54) is 0 Å². The van der Waals surface area contributed by atoms with Gasteiger partial charge in [-0.05, 0) is 31.0 Å². The summed E-state index contributed by atoms with van der Waals surface area (Å²) in [5.74, 6) is 1.73. The number of fused-ring (bicyclic) bond motifs is 5. The van der Waals surface area contributed by atoms with Crippen molar-refractivity contribution in [1.29, 1.82) is 0 Å². The Labute approximate surface area is 159 Å². The van der Waals surface area contributed by atoms with E-state index in [0.717, 1.165) is 42.4 Å². The third kappa shape index (κ3) is 2.20. The molecule has 0 unspecified atom stereocenters. The molecular weight excluding hydrogens is 335 g/mol. The average molecular weight is 357 g/mol. The van der Waals surface area contributed by atoms with Crippen LogP contribution in [-0.4, -0.2) is 21.9 Å². The first-order valence-electron chi connectivity index (χ1n) is 9.61. The molecule has 5 rings (SSSR count). The van der Waals surface area contributed by atoms with Crippen LogP contribution < -0.4 is 14.2 Å². The van der Waals surface area contributed by atoms with Crippen LogP contribution >= 0.6 is 0 Å². The Hall–Kier alpha value is -2.96. The van der Waals surface area contributed by atoms with Gasteiger partial charge in [0.25, 0.3) is 0 Å². The molecular formula is C20H22BN6+. The van der Waals surface area contributed by atoms with E-state index in [1.807, 2.05) is 30.7 Å². The van der Waals surface area contributed by atoms with E-state index in [2.05, 4.69) is 68.5 Å². The number of hydrogen-bond donors (Lipinski definition) is 0. The second-order valence-electron chi connectivity index (χ2n) is 7.18. The van der Waals surface area contributed by atoms with Gasteiger partial charge >= 0.3 is 12.9 Å². The largest absolute Gasteiger partial charge is 0.475 e. The molecule has 0 aliphatic carbocycles. The molecule has 2 aromatic heterocycles. The van der Waals surface area contributed by atoms with Gasteiger partial charge in [0.15, 0.2) is 0 Å². The molecule has 0 N–H and O–H groups in total. The lowest BCUT2D eigenvalue weighted by Crippen LogP contribution is -2.68. The van der Waals surface area contributed by atoms with Crippen molar-refractivity contribution in [2.75, 3.05) is 9.62 Å². The first-order valence-corrected chi connectivity index (χ1v) is 9.61. The van der Waals surface area contributed by atoms with E-state index in [1.54, 1.807) is 0 Å². The zero-order chi connectivity index (χ0) is 18.4. The summed E-state index contributed by atoms with van der Waals surface area (Å²) >= 11 is 0. The molecule has 27 heavy (non-hydrogen) atoms. The van der Waals surface area contributed by atoms with Crippen LogP contribution in [0.1, 0.15) is 26.7 Å². The molecule has 0 atom stereocenters. The number of benzene rings is 1. The molecule has 0 fully saturated rings. The minimum Gasteiger partial charge on any atom is -0.316 e. The zero-order valence-corrected chi connectivity index (χ0v) is 15.7. The Morgan fingerprint density at radius 1 is 0.926 bits per heavy atom. The van der Waals surface area contributed by atoms with E-state index < -0.39 is 0 Å². The molecule has 2 aliphatic rings. The smallest absolute Gasteiger partial charge is 0.316 e. The molecule has 7 heteroatoms. The van der Waals surface area contributed by atoms with Crippen LogP contribution in [0.3, 0.4) is 0 Å². The second kappa shape index (κ2) is 6.04. The van der Waals surface area contributed by atoms with Crippen molar-refractivity contribution in [3.8, 4) is 0 Å². The van der Waals surface area contributed by atoms with Crippen molar-refractivity contribution in [2.45, 2.75) is 38.5 Å². The molecule has 2 aliphatic heterocycles. The zero-order valence-electron chi connectivity index (χ0n) is 15.7. The number of nitrogens with zero attached hydrogens (tertiary/aromatic N) is 6. The normalized spacial score (nSPS) is 16.7. The third-order valence-electron chi connectivity index (χ3n) is 6.10. The van der Waals surface area contributed by atoms with Crippen LogP contribution in [0.15, 0.2) is 61.2 Å². The Morgan fingerprint density at radius 3 is 2.30 bits per heavy atom. The van der Waals surface area contributed by atoms with Crippen LogP contribution in [0.5, 0.6) is 0 Å². The molecule has 134 valence electrons. The van der Waals surface area contributed by atoms with Gasteiger partial charge in [-0.15, -0.1) is 0 Å². The molecule has 3 aromatic rings. The Balaban J connectivity index is 1.76. The van der Waals surface area contributed by atoms with Gasteiger partial charge in [-0.3, -0.25) is 4.81 Å². The molecule has 0 bridgehead atoms. The second-order valence-corrected chi connectivity index (χ2v) is 7.18. The molecule has 1 aromatic carbocycles. The summed E-state index contributed by atoms with van der Waals surface area (Å²) in [5, 5.41) is 0. The van der Waals surface area contributed by atoms with E-state index >= 15 is 0 Å². The highest BCUT2D eigenvalue weighted by molar-refractivity contribution is 6.73. The molecule has 6 nitrogen and oxygen atoms in total. The van der Waals surface area contributed by atoms with Crippen molar-refractivity contribution in [1.82, 2.24) is 15.0 Å². The van der Waals surface area contributed by atoms with Gasteiger partial charge < -0.3 is 4.81 Å². The third-order valence-corrected chi connectivity index (χ3v) is 6.10. The molecule has 0 spiro atoms. The van der Waals surface area contributed by atoms with E-state index in [4.69, 9.17) is 4.98 Å². The molecule has 0 amide bonds. The highest BCUT2D eigenvalue weighted by Gasteiger charge is 2.58. The summed E-state index contributed by atoms with van der Waals surface area (Å²) in [6, 6.07) is 12.4. The standard InChI is InChI=1S/C20H22BN6/c1-3-20(4-2)15-21-26(18-22-11-7-12-23-18)16-9-5-6-10-17(16)27(21)19-24-13-8-14-25(19)20/h5-14H,3-4,15H2,1-2H3/q+1. The van der Waals surface area contributed by atoms with Gasteiger partial charge in [0.1, 0.15) is 11.9 Å². The van der Waals surface area contributed by atoms with Gasteiger partial charge in [-0.1, -0.05) is 31.0 Å². The van der Waals surface area contributed by atoms with E-state index in [-0.39, 0.29) is 12.5 Å². The lowest BCUT2D eigenvalue weighted by molar-refractivity contribution is -0.754. The maximum Gasteiger partial charge on any atom is 0.475 e. The Morgan fingerprint density at radius 2 is 1.59 bits per heavy atom. The van der Waals surface area contributed by atoms with E-state index in [0.29, 0.717) is 0 Å². The van der Waals surface area contributed by atoms with Gasteiger partial charge in [0.2, 0.25) is 5.95 Å². The number of aromatic nitrogens is 4. The number of rotatable bonds is 3. The van der Waals surface area contributed by atoms with Gasteiger partial charge in [-0.2, -0.15) is 0 Å². The fraction of sp³-hybridized carbons (Fsp3) is 0.300. The molecule has 0 radical (unpaired) electrons. The highest BCUT2D eigenvalue weighted by Crippen LogP contribution is 2.49. The summed E-state index contributed by atoms with van der Waals surface area (Å²) in [5.41, 5.74) is 2.32. The fourth-order valence-corrected chi connectivity index (χ4v) is 4.62. The SMILES string of the molecule is CCC1(CC)CB2N(c3ncccn3)c3ccccc3N2c2nccc[n+]21. The van der Waals surface area contributed by atoms with Crippen molar-refractivity contribution >= 4 is 30.3 Å². The Bertz CT molecular complexity index is 975. The average Bonchev–Trinajstić information content (AvgIpc) is 3.07. The summed E-state index contributed by atoms with van der Waals surface area (Å²) < 4.78 is 2.37. The molecule has 0 saturated carbocycles. The van der Waals surface area contributed by atoms with E-state index in [9.17, 15) is 0 Å². The maximum absolute atomic E-state index is 4.80. The van der Waals surface area contributed by atoms with Crippen LogP contribution in [0.4, 0.5) is 23.3 Å². The number of para-hydroxylation sites is 2. The van der Waals surface area contributed by atoms with Gasteiger partial charge in [0, 0.05) is 24.8 Å². The first kappa shape index (κ1) is 16.2. The predicted octanol–water partition coefficient (Wildman–Crippen LogP) is 3.47. The van der Waals surface area contributed by atoms with Crippen LogP contribution in [0.25, 0.3) is 0 Å². The number of hydrogen-bond acceptors (Lipinski definition) is 5. The van der Waals surface area contributed by atoms with Crippen LogP contribution in [0.2, 0.25) is 6.32 Å². The first-order chi connectivity index (χ1) is 13.3. The number of anilines is 4. The summed E-state index contributed by atoms with van der Waals surface area (Å²) in [6.07, 6.45) is 10.8. The Kier molecular flexibility index (Phi) is 3.63. The quantitative estimate of drug-likeness (QED) is 0.531. The summed E-state index contributed by atoms with van der Waals surface area (Å²) in [4.78, 5) is 18.5. The fourth-order valence-electron chi connectivity index (χ4n) is 4.62.